The summed E-state index contributed by atoms with van der Waals surface area (Å²) in [6.07, 6.45) is 0. The van der Waals surface area contributed by atoms with Gasteiger partial charge >= 0.3 is 5.97 Å². The van der Waals surface area contributed by atoms with Crippen molar-refractivity contribution in [2.24, 2.45) is 0 Å². The van der Waals surface area contributed by atoms with E-state index in [0.29, 0.717) is 18.8 Å². The number of methoxy groups -OCH3 is 1. The van der Waals surface area contributed by atoms with E-state index < -0.39 is 5.97 Å². The van der Waals surface area contributed by atoms with Crippen molar-refractivity contribution in [1.29, 1.82) is 0 Å². The van der Waals surface area contributed by atoms with Crippen molar-refractivity contribution in [3.8, 4) is 0 Å². The molecule has 19 heavy (non-hydrogen) atoms. The first kappa shape index (κ1) is 14.8. The Labute approximate surface area is 110 Å². The second-order valence-corrected chi connectivity index (χ2v) is 3.80. The number of rotatable bonds is 7. The van der Waals surface area contributed by atoms with E-state index in [1.807, 2.05) is 0 Å². The molecule has 0 aromatic heterocycles. The predicted molar refractivity (Wildman–Crippen MR) is 71.2 cm³/mol. The zero-order valence-corrected chi connectivity index (χ0v) is 10.6. The topological polar surface area (TPSA) is 114 Å². The molecule has 0 radical (unpaired) electrons. The molecule has 104 valence electrons. The highest BCUT2D eigenvalue weighted by Crippen LogP contribution is 2.17. The zero-order valence-electron chi connectivity index (χ0n) is 10.6. The van der Waals surface area contributed by atoms with Gasteiger partial charge in [-0.1, -0.05) is 0 Å². The Morgan fingerprint density at radius 1 is 1.42 bits per heavy atom. The molecule has 0 saturated heterocycles. The monoisotopic (exact) mass is 267 g/mol. The molecule has 0 atom stereocenters. The lowest BCUT2D eigenvalue weighted by atomic mass is 10.1. The minimum Gasteiger partial charge on any atom is -0.478 e. The van der Waals surface area contributed by atoms with Gasteiger partial charge in [0.15, 0.2) is 0 Å². The highest BCUT2D eigenvalue weighted by Gasteiger charge is 2.08. The van der Waals surface area contributed by atoms with Crippen LogP contribution in [0, 0.1) is 0 Å². The lowest BCUT2D eigenvalue weighted by Crippen LogP contribution is -2.32. The number of hydrogen-bond donors (Lipinski definition) is 4. The maximum atomic E-state index is 11.4. The number of carboxylic acids is 1. The van der Waals surface area contributed by atoms with Crippen LogP contribution in [0.1, 0.15) is 10.4 Å². The van der Waals surface area contributed by atoms with E-state index in [9.17, 15) is 9.59 Å². The average molecular weight is 267 g/mol. The van der Waals surface area contributed by atoms with Gasteiger partial charge < -0.3 is 26.2 Å². The highest BCUT2D eigenvalue weighted by atomic mass is 16.5. The fourth-order valence-electron chi connectivity index (χ4n) is 1.40. The molecule has 0 bridgehead atoms. The molecular weight excluding hydrogens is 250 g/mol. The van der Waals surface area contributed by atoms with Crippen LogP contribution in [0.25, 0.3) is 0 Å². The van der Waals surface area contributed by atoms with Gasteiger partial charge in [-0.3, -0.25) is 4.79 Å². The fourth-order valence-corrected chi connectivity index (χ4v) is 1.40. The minimum atomic E-state index is -1.08. The van der Waals surface area contributed by atoms with E-state index in [1.54, 1.807) is 13.2 Å². The SMILES string of the molecule is COCCNC(=O)CNc1ccc(C(=O)O)c(N)c1. The number of carboxylic acid groups (broad SMARTS) is 1. The van der Waals surface area contributed by atoms with Crippen molar-refractivity contribution in [2.75, 3.05) is 37.9 Å². The number of nitrogen functional groups attached to an aromatic ring is 1. The standard InChI is InChI=1S/C12H17N3O4/c1-19-5-4-14-11(16)7-15-8-2-3-9(12(17)18)10(13)6-8/h2-3,6,15H,4-5,7,13H2,1H3,(H,14,16)(H,17,18). The first-order valence-corrected chi connectivity index (χ1v) is 5.67. The number of aromatic carboxylic acids is 1. The Kier molecular flexibility index (Phi) is 5.62. The van der Waals surface area contributed by atoms with Crippen LogP contribution in [-0.4, -0.2) is 43.8 Å². The fraction of sp³-hybridized carbons (Fsp3) is 0.333. The molecule has 0 spiro atoms. The molecule has 1 aromatic carbocycles. The summed E-state index contributed by atoms with van der Waals surface area (Å²) < 4.78 is 4.80. The zero-order chi connectivity index (χ0) is 14.3. The first-order chi connectivity index (χ1) is 9.04. The lowest BCUT2D eigenvalue weighted by molar-refractivity contribution is -0.119. The number of hydrogen-bond acceptors (Lipinski definition) is 5. The van der Waals surface area contributed by atoms with Gasteiger partial charge in [0.2, 0.25) is 5.91 Å². The Morgan fingerprint density at radius 3 is 2.74 bits per heavy atom. The molecule has 1 amide bonds. The molecule has 0 unspecified atom stereocenters. The number of nitrogens with one attached hydrogen (secondary N) is 2. The molecule has 0 fully saturated rings. The van der Waals surface area contributed by atoms with Gasteiger partial charge in [0.05, 0.1) is 18.7 Å². The molecule has 7 heteroatoms. The van der Waals surface area contributed by atoms with Gasteiger partial charge in [-0.25, -0.2) is 4.79 Å². The summed E-state index contributed by atoms with van der Waals surface area (Å²) in [5.74, 6) is -1.26. The van der Waals surface area contributed by atoms with Crippen LogP contribution in [0.4, 0.5) is 11.4 Å². The van der Waals surface area contributed by atoms with Crippen molar-refractivity contribution in [1.82, 2.24) is 5.32 Å². The van der Waals surface area contributed by atoms with Crippen LogP contribution in [-0.2, 0) is 9.53 Å². The average Bonchev–Trinajstić information content (AvgIpc) is 2.36. The van der Waals surface area contributed by atoms with Gasteiger partial charge in [-0.15, -0.1) is 0 Å². The molecule has 0 aliphatic heterocycles. The number of anilines is 2. The van der Waals surface area contributed by atoms with E-state index in [4.69, 9.17) is 15.6 Å². The second kappa shape index (κ2) is 7.22. The molecule has 0 saturated carbocycles. The van der Waals surface area contributed by atoms with Gasteiger partial charge in [-0.2, -0.15) is 0 Å². The molecule has 5 N–H and O–H groups in total. The summed E-state index contributed by atoms with van der Waals surface area (Å²) in [6.45, 7) is 0.971. The Hall–Kier alpha value is -2.28. The number of carbonyl (C=O) groups excluding carboxylic acids is 1. The molecular formula is C12H17N3O4. The van der Waals surface area contributed by atoms with Crippen LogP contribution in [0.5, 0.6) is 0 Å². The number of amides is 1. The van der Waals surface area contributed by atoms with E-state index in [0.717, 1.165) is 0 Å². The third kappa shape index (κ3) is 4.84. The second-order valence-electron chi connectivity index (χ2n) is 3.80. The van der Waals surface area contributed by atoms with Crippen LogP contribution in [0.2, 0.25) is 0 Å². The minimum absolute atomic E-state index is 0.0371. The molecule has 0 aliphatic carbocycles. The summed E-state index contributed by atoms with van der Waals surface area (Å²) in [5, 5.41) is 14.3. The number of carbonyl (C=O) groups is 2. The molecule has 0 aliphatic rings. The molecule has 1 aromatic rings. The first-order valence-electron chi connectivity index (χ1n) is 5.67. The van der Waals surface area contributed by atoms with Gasteiger partial charge in [0.1, 0.15) is 0 Å². The van der Waals surface area contributed by atoms with Crippen LogP contribution >= 0.6 is 0 Å². The number of ether oxygens (including phenoxy) is 1. The summed E-state index contributed by atoms with van der Waals surface area (Å²) >= 11 is 0. The third-order valence-corrected chi connectivity index (χ3v) is 2.36. The van der Waals surface area contributed by atoms with Crippen molar-refractivity contribution in [2.45, 2.75) is 0 Å². The summed E-state index contributed by atoms with van der Waals surface area (Å²) in [7, 11) is 1.55. The Bertz CT molecular complexity index is 462. The quantitative estimate of drug-likeness (QED) is 0.413. The number of benzene rings is 1. The summed E-state index contributed by atoms with van der Waals surface area (Å²) in [4.78, 5) is 22.2. The van der Waals surface area contributed by atoms with E-state index in [2.05, 4.69) is 10.6 Å². The molecule has 0 heterocycles. The maximum Gasteiger partial charge on any atom is 0.337 e. The maximum absolute atomic E-state index is 11.4. The van der Waals surface area contributed by atoms with Crippen LogP contribution in [0.15, 0.2) is 18.2 Å². The third-order valence-electron chi connectivity index (χ3n) is 2.36. The normalized spacial score (nSPS) is 9.95. The van der Waals surface area contributed by atoms with E-state index in [-0.39, 0.29) is 23.7 Å². The van der Waals surface area contributed by atoms with Gasteiger partial charge in [-0.05, 0) is 18.2 Å². The van der Waals surface area contributed by atoms with Gasteiger partial charge in [0.25, 0.3) is 0 Å². The van der Waals surface area contributed by atoms with Crippen molar-refractivity contribution in [3.63, 3.8) is 0 Å². The largest absolute Gasteiger partial charge is 0.478 e. The Balaban J connectivity index is 2.48. The summed E-state index contributed by atoms with van der Waals surface area (Å²) in [6, 6.07) is 4.43. The van der Waals surface area contributed by atoms with Crippen molar-refractivity contribution < 1.29 is 19.4 Å². The molecule has 1 rings (SSSR count). The molecule has 7 nitrogen and oxygen atoms in total. The van der Waals surface area contributed by atoms with E-state index >= 15 is 0 Å². The lowest BCUT2D eigenvalue weighted by Gasteiger charge is -2.09. The van der Waals surface area contributed by atoms with Crippen LogP contribution in [0.3, 0.4) is 0 Å². The smallest absolute Gasteiger partial charge is 0.337 e. The highest BCUT2D eigenvalue weighted by molar-refractivity contribution is 5.94. The number of nitrogens with two attached hydrogens (primary N) is 1. The summed E-state index contributed by atoms with van der Waals surface area (Å²) in [5.41, 5.74) is 6.36. The predicted octanol–water partition coefficient (Wildman–Crippen LogP) is 0.142. The Morgan fingerprint density at radius 2 is 2.16 bits per heavy atom. The van der Waals surface area contributed by atoms with Gasteiger partial charge in [0, 0.05) is 25.0 Å². The van der Waals surface area contributed by atoms with E-state index in [1.165, 1.54) is 12.1 Å². The van der Waals surface area contributed by atoms with Crippen molar-refractivity contribution >= 4 is 23.3 Å². The van der Waals surface area contributed by atoms with Crippen molar-refractivity contribution in [3.05, 3.63) is 23.8 Å². The van der Waals surface area contributed by atoms with Crippen LogP contribution < -0.4 is 16.4 Å².